The number of pyridine rings is 4. The number of halogens is 4. The molecule has 4 heterocycles. The molecule has 0 saturated carbocycles. The van der Waals surface area contributed by atoms with E-state index in [9.17, 15) is 39.6 Å². The highest BCUT2D eigenvalue weighted by molar-refractivity contribution is 7.90. The summed E-state index contributed by atoms with van der Waals surface area (Å²) in [5, 5.41) is 6.43. The van der Waals surface area contributed by atoms with Crippen LogP contribution in [0.3, 0.4) is 0 Å². The molecular weight excluding hydrogens is 769 g/mol. The van der Waals surface area contributed by atoms with Gasteiger partial charge in [0.1, 0.15) is 48.5 Å². The van der Waals surface area contributed by atoms with Gasteiger partial charge in [0.05, 0.1) is 22.5 Å². The molecule has 2 aromatic carbocycles. The summed E-state index contributed by atoms with van der Waals surface area (Å²) in [5.41, 5.74) is 1.72. The summed E-state index contributed by atoms with van der Waals surface area (Å²) < 4.78 is 86.7. The highest BCUT2D eigenvalue weighted by atomic mass is 35.5. The molecule has 0 aliphatic carbocycles. The van der Waals surface area contributed by atoms with E-state index in [1.54, 1.807) is 24.4 Å². The van der Waals surface area contributed by atoms with Crippen LogP contribution in [-0.4, -0.2) is 85.7 Å². The van der Waals surface area contributed by atoms with Crippen molar-refractivity contribution in [1.82, 2.24) is 30.6 Å². The Bertz CT molecular complexity index is 2630. The zero-order chi connectivity index (χ0) is 39.2. The van der Waals surface area contributed by atoms with E-state index in [2.05, 4.69) is 30.6 Å². The molecule has 0 saturated heterocycles. The molecule has 0 spiro atoms. The van der Waals surface area contributed by atoms with Crippen molar-refractivity contribution in [3.05, 3.63) is 119 Å². The summed E-state index contributed by atoms with van der Waals surface area (Å²) in [5.74, 6) is -3.23. The van der Waals surface area contributed by atoms with Gasteiger partial charge in [-0.25, -0.2) is 40.0 Å². The van der Waals surface area contributed by atoms with Crippen molar-refractivity contribution in [1.29, 1.82) is 0 Å². The number of hydrogen-bond acceptors (Lipinski definition) is 10. The lowest BCUT2D eigenvalue weighted by Crippen LogP contribution is -2.29. The molecule has 12 nitrogen and oxygen atoms in total. The van der Waals surface area contributed by atoms with Crippen LogP contribution in [0.15, 0.2) is 85.5 Å². The number of amides is 2. The fourth-order valence-corrected chi connectivity index (χ4v) is 6.13. The van der Waals surface area contributed by atoms with Crippen molar-refractivity contribution in [2.45, 2.75) is 0 Å². The maximum atomic E-state index is 14.3. The number of nitrogens with one attached hydrogen (secondary N) is 2. The van der Waals surface area contributed by atoms with Crippen molar-refractivity contribution in [2.24, 2.45) is 0 Å². The van der Waals surface area contributed by atoms with Crippen molar-refractivity contribution in [3.8, 4) is 22.3 Å². The fourth-order valence-electron chi connectivity index (χ4n) is 5.03. The van der Waals surface area contributed by atoms with Crippen molar-refractivity contribution in [2.75, 3.05) is 37.1 Å². The van der Waals surface area contributed by atoms with E-state index in [1.165, 1.54) is 42.9 Å². The Kier molecular flexibility index (Phi) is 12.2. The smallest absolute Gasteiger partial charge is 0.269 e. The summed E-state index contributed by atoms with van der Waals surface area (Å²) >= 11 is 5.80. The van der Waals surface area contributed by atoms with Gasteiger partial charge in [-0.05, 0) is 60.7 Å². The van der Waals surface area contributed by atoms with Gasteiger partial charge in [-0.2, -0.15) is 0 Å². The third-order valence-corrected chi connectivity index (χ3v) is 9.75. The molecular formula is C36H30ClF3N6O6S2. The topological polar surface area (TPSA) is 178 Å². The van der Waals surface area contributed by atoms with Crippen LogP contribution < -0.4 is 10.6 Å². The molecule has 2 amide bonds. The second kappa shape index (κ2) is 16.7. The fraction of sp³-hybridized carbons (Fsp3) is 0.167. The first-order chi connectivity index (χ1) is 25.5. The van der Waals surface area contributed by atoms with Gasteiger partial charge in [-0.1, -0.05) is 11.6 Å². The van der Waals surface area contributed by atoms with Crippen LogP contribution in [0.1, 0.15) is 21.0 Å². The van der Waals surface area contributed by atoms with Gasteiger partial charge in [0, 0.05) is 88.4 Å². The minimum atomic E-state index is -3.21. The number of rotatable bonds is 10. The largest absolute Gasteiger partial charge is 0.350 e. The van der Waals surface area contributed by atoms with Gasteiger partial charge in [-0.3, -0.25) is 19.6 Å². The van der Waals surface area contributed by atoms with E-state index in [4.69, 9.17) is 11.6 Å². The Labute approximate surface area is 312 Å². The highest BCUT2D eigenvalue weighted by Crippen LogP contribution is 2.31. The number of fused-ring (bicyclic) bond motifs is 2. The molecule has 18 heteroatoms. The number of carbonyl (C=O) groups excluding carboxylic acids is 2. The van der Waals surface area contributed by atoms with Crippen molar-refractivity contribution in [3.63, 3.8) is 0 Å². The molecule has 6 aromatic rings. The zero-order valence-electron chi connectivity index (χ0n) is 28.5. The third kappa shape index (κ3) is 10.3. The Morgan fingerprint density at radius 1 is 0.611 bits per heavy atom. The van der Waals surface area contributed by atoms with Crippen LogP contribution in [-0.2, 0) is 19.7 Å². The van der Waals surface area contributed by atoms with Crippen LogP contribution >= 0.6 is 11.6 Å². The molecule has 2 N–H and O–H groups in total. The molecule has 0 atom stereocenters. The molecule has 280 valence electrons. The van der Waals surface area contributed by atoms with Gasteiger partial charge in [0.2, 0.25) is 0 Å². The second-order valence-electron chi connectivity index (χ2n) is 11.9. The van der Waals surface area contributed by atoms with Gasteiger partial charge >= 0.3 is 0 Å². The summed E-state index contributed by atoms with van der Waals surface area (Å²) in [6.45, 7) is -0.0779. The third-order valence-electron chi connectivity index (χ3n) is 7.62. The monoisotopic (exact) mass is 798 g/mol. The normalized spacial score (nSPS) is 11.5. The van der Waals surface area contributed by atoms with E-state index in [-0.39, 0.29) is 63.2 Å². The Morgan fingerprint density at radius 3 is 1.59 bits per heavy atom. The summed E-state index contributed by atoms with van der Waals surface area (Å²) in [6, 6.07) is 13.5. The number of nitrogens with zero attached hydrogens (tertiary/aromatic N) is 4. The van der Waals surface area contributed by atoms with Gasteiger partial charge < -0.3 is 10.6 Å². The van der Waals surface area contributed by atoms with Crippen molar-refractivity contribution < 1.29 is 39.6 Å². The van der Waals surface area contributed by atoms with E-state index in [0.29, 0.717) is 21.9 Å². The predicted molar refractivity (Wildman–Crippen MR) is 199 cm³/mol. The molecule has 0 fully saturated rings. The SMILES string of the molecule is CS(=O)(=O)CCNC(=O)c1ccc2cncc(-c3cc(F)ccc3F)c2n1.CS(=O)(=O)CCNC(=O)c1ccc2cncc(-c3ccc(Cl)cc3F)c2n1. The minimum absolute atomic E-state index is 0.0183. The standard InChI is InChI=1S/C18H15ClFN3O3S.C18H15F2N3O3S/c1-27(25,26)7-6-22-18(24)16-5-2-11-9-21-10-14(17(11)23-16)13-4-3-12(19)8-15(13)20;1-27(25,26)7-6-22-18(24)16-5-2-11-9-21-10-14(17(11)23-16)13-8-12(19)3-4-15(13)20/h2*2-5,8-10H,6-7H2,1H3,(H,22,24). The molecule has 0 aliphatic rings. The number of benzene rings is 2. The first-order valence-electron chi connectivity index (χ1n) is 15.8. The molecule has 54 heavy (non-hydrogen) atoms. The maximum Gasteiger partial charge on any atom is 0.269 e. The average Bonchev–Trinajstić information content (AvgIpc) is 3.11. The summed E-state index contributed by atoms with van der Waals surface area (Å²) in [6.07, 6.45) is 8.03. The van der Waals surface area contributed by atoms with E-state index >= 15 is 0 Å². The van der Waals surface area contributed by atoms with E-state index < -0.39 is 48.9 Å². The lowest BCUT2D eigenvalue weighted by Gasteiger charge is -2.09. The van der Waals surface area contributed by atoms with Gasteiger partial charge in [0.15, 0.2) is 0 Å². The molecule has 0 bridgehead atoms. The molecule has 0 unspecified atom stereocenters. The van der Waals surface area contributed by atoms with Gasteiger partial charge in [-0.15, -0.1) is 0 Å². The number of carbonyl (C=O) groups is 2. The lowest BCUT2D eigenvalue weighted by atomic mass is 10.0. The quantitative estimate of drug-likeness (QED) is 0.187. The van der Waals surface area contributed by atoms with Crippen LogP contribution in [0.4, 0.5) is 13.2 Å². The highest BCUT2D eigenvalue weighted by Gasteiger charge is 2.17. The number of sulfone groups is 2. The number of aromatic nitrogens is 4. The average molecular weight is 799 g/mol. The number of hydrogen-bond donors (Lipinski definition) is 2. The first kappa shape index (κ1) is 39.7. The molecule has 4 aromatic heterocycles. The minimum Gasteiger partial charge on any atom is -0.350 e. The van der Waals surface area contributed by atoms with Crippen LogP contribution in [0, 0.1) is 17.5 Å². The Hall–Kier alpha value is -5.52. The first-order valence-corrected chi connectivity index (χ1v) is 20.3. The molecule has 0 aliphatic heterocycles. The second-order valence-corrected chi connectivity index (χ2v) is 16.9. The van der Waals surface area contributed by atoms with Crippen LogP contribution in [0.2, 0.25) is 5.02 Å². The van der Waals surface area contributed by atoms with Gasteiger partial charge in [0.25, 0.3) is 11.8 Å². The predicted octanol–water partition coefficient (Wildman–Crippen LogP) is 5.21. The zero-order valence-corrected chi connectivity index (χ0v) is 30.9. The summed E-state index contributed by atoms with van der Waals surface area (Å²) in [7, 11) is -6.39. The maximum absolute atomic E-state index is 14.3. The van der Waals surface area contributed by atoms with E-state index in [1.807, 2.05) is 0 Å². The lowest BCUT2D eigenvalue weighted by molar-refractivity contribution is 0.0943. The summed E-state index contributed by atoms with van der Waals surface area (Å²) in [4.78, 5) is 41.2. The Balaban J connectivity index is 0.000000208. The van der Waals surface area contributed by atoms with Crippen LogP contribution in [0.5, 0.6) is 0 Å². The molecule has 0 radical (unpaired) electrons. The van der Waals surface area contributed by atoms with Crippen molar-refractivity contribution >= 4 is 64.9 Å². The Morgan fingerprint density at radius 2 is 1.11 bits per heavy atom. The van der Waals surface area contributed by atoms with Crippen LogP contribution in [0.25, 0.3) is 44.1 Å². The van der Waals surface area contributed by atoms with E-state index in [0.717, 1.165) is 30.7 Å². The molecule has 6 rings (SSSR count).